The van der Waals surface area contributed by atoms with Crippen LogP contribution in [0, 0.1) is 5.82 Å². The van der Waals surface area contributed by atoms with Crippen molar-refractivity contribution in [1.82, 2.24) is 4.98 Å². The molecule has 0 unspecified atom stereocenters. The first-order valence-corrected chi connectivity index (χ1v) is 6.15. The number of hydrazine groups is 1. The predicted octanol–water partition coefficient (Wildman–Crippen LogP) is 3.07. The molecule has 1 heterocycles. The molecular formula is C12H9Cl2FN4O. The van der Waals surface area contributed by atoms with Crippen molar-refractivity contribution in [3.63, 3.8) is 0 Å². The Morgan fingerprint density at radius 3 is 2.55 bits per heavy atom. The van der Waals surface area contributed by atoms with Crippen molar-refractivity contribution in [3.05, 3.63) is 52.0 Å². The number of pyridine rings is 1. The molecule has 1 aromatic carbocycles. The van der Waals surface area contributed by atoms with Crippen LogP contribution in [0.5, 0.6) is 0 Å². The van der Waals surface area contributed by atoms with Crippen LogP contribution in [0.4, 0.5) is 15.8 Å². The Morgan fingerprint density at radius 2 is 1.95 bits per heavy atom. The van der Waals surface area contributed by atoms with Crippen LogP contribution in [-0.4, -0.2) is 10.9 Å². The van der Waals surface area contributed by atoms with E-state index in [4.69, 9.17) is 29.0 Å². The minimum Gasteiger partial charge on any atom is -0.322 e. The minimum atomic E-state index is -0.591. The molecule has 0 saturated heterocycles. The van der Waals surface area contributed by atoms with Gasteiger partial charge in [-0.15, -0.1) is 0 Å². The summed E-state index contributed by atoms with van der Waals surface area (Å²) in [5.41, 5.74) is 3.06. The standard InChI is InChI=1S/C12H9Cl2FN4O/c13-8-3-6(15)4-9(14)11(8)18-12(20)7-1-2-17-5-10(7)19-16/h1-5,19H,16H2,(H,18,20). The number of nitrogen functional groups attached to an aromatic ring is 1. The quantitative estimate of drug-likeness (QED) is 0.601. The van der Waals surface area contributed by atoms with Crippen molar-refractivity contribution in [1.29, 1.82) is 0 Å². The number of halogens is 3. The van der Waals surface area contributed by atoms with Gasteiger partial charge in [0.2, 0.25) is 0 Å². The average molecular weight is 315 g/mol. The number of rotatable bonds is 3. The van der Waals surface area contributed by atoms with Crippen LogP contribution < -0.4 is 16.6 Å². The predicted molar refractivity (Wildman–Crippen MR) is 76.4 cm³/mol. The maximum absolute atomic E-state index is 13.1. The maximum Gasteiger partial charge on any atom is 0.258 e. The van der Waals surface area contributed by atoms with E-state index in [0.29, 0.717) is 5.69 Å². The monoisotopic (exact) mass is 314 g/mol. The lowest BCUT2D eigenvalue weighted by molar-refractivity contribution is 0.102. The molecule has 2 rings (SSSR count). The second kappa shape index (κ2) is 6.04. The molecule has 0 aliphatic heterocycles. The van der Waals surface area contributed by atoms with Gasteiger partial charge in [0, 0.05) is 6.20 Å². The van der Waals surface area contributed by atoms with Gasteiger partial charge in [-0.1, -0.05) is 23.2 Å². The summed E-state index contributed by atoms with van der Waals surface area (Å²) in [5, 5.41) is 2.50. The lowest BCUT2D eigenvalue weighted by Crippen LogP contribution is -2.17. The van der Waals surface area contributed by atoms with Crippen LogP contribution in [0.2, 0.25) is 10.0 Å². The van der Waals surface area contributed by atoms with Gasteiger partial charge in [-0.25, -0.2) is 4.39 Å². The third-order valence-corrected chi connectivity index (χ3v) is 3.06. The van der Waals surface area contributed by atoms with Gasteiger partial charge in [0.1, 0.15) is 5.82 Å². The highest BCUT2D eigenvalue weighted by Gasteiger charge is 2.15. The summed E-state index contributed by atoms with van der Waals surface area (Å²) >= 11 is 11.7. The minimum absolute atomic E-state index is 0.000311. The van der Waals surface area contributed by atoms with Crippen molar-refractivity contribution in [2.75, 3.05) is 10.7 Å². The fourth-order valence-corrected chi connectivity index (χ4v) is 2.10. The van der Waals surface area contributed by atoms with E-state index in [1.54, 1.807) is 0 Å². The number of carbonyl (C=O) groups excluding carboxylic acids is 1. The summed E-state index contributed by atoms with van der Waals surface area (Å²) < 4.78 is 13.1. The highest BCUT2D eigenvalue weighted by Crippen LogP contribution is 2.32. The highest BCUT2D eigenvalue weighted by molar-refractivity contribution is 6.40. The molecule has 104 valence electrons. The third-order valence-electron chi connectivity index (χ3n) is 2.47. The zero-order valence-corrected chi connectivity index (χ0v) is 11.5. The van der Waals surface area contributed by atoms with Crippen LogP contribution in [0.1, 0.15) is 10.4 Å². The first-order valence-electron chi connectivity index (χ1n) is 5.39. The fourth-order valence-electron chi connectivity index (χ4n) is 1.55. The van der Waals surface area contributed by atoms with Crippen molar-refractivity contribution >= 4 is 40.5 Å². The smallest absolute Gasteiger partial charge is 0.258 e. The molecule has 0 radical (unpaired) electrons. The van der Waals surface area contributed by atoms with Crippen molar-refractivity contribution in [3.8, 4) is 0 Å². The van der Waals surface area contributed by atoms with Gasteiger partial charge in [0.25, 0.3) is 5.91 Å². The summed E-state index contributed by atoms with van der Waals surface area (Å²) in [5.74, 6) is 4.19. The zero-order chi connectivity index (χ0) is 14.7. The lowest BCUT2D eigenvalue weighted by Gasteiger charge is -2.11. The first-order chi connectivity index (χ1) is 9.52. The molecular weight excluding hydrogens is 306 g/mol. The topological polar surface area (TPSA) is 80.0 Å². The van der Waals surface area contributed by atoms with Crippen molar-refractivity contribution < 1.29 is 9.18 Å². The lowest BCUT2D eigenvalue weighted by atomic mass is 10.2. The van der Waals surface area contributed by atoms with E-state index in [1.165, 1.54) is 18.5 Å². The molecule has 0 aliphatic rings. The van der Waals surface area contributed by atoms with Crippen LogP contribution >= 0.6 is 23.2 Å². The number of nitrogens with one attached hydrogen (secondary N) is 2. The van der Waals surface area contributed by atoms with Crippen LogP contribution in [0.25, 0.3) is 0 Å². The van der Waals surface area contributed by atoms with Crippen molar-refractivity contribution in [2.24, 2.45) is 5.84 Å². The molecule has 0 saturated carbocycles. The second-order valence-corrected chi connectivity index (χ2v) is 4.58. The molecule has 0 spiro atoms. The number of hydrogen-bond donors (Lipinski definition) is 3. The highest BCUT2D eigenvalue weighted by atomic mass is 35.5. The van der Waals surface area contributed by atoms with E-state index in [0.717, 1.165) is 12.1 Å². The number of aromatic nitrogens is 1. The molecule has 0 fully saturated rings. The van der Waals surface area contributed by atoms with Crippen LogP contribution in [-0.2, 0) is 0 Å². The summed E-state index contributed by atoms with van der Waals surface area (Å²) in [7, 11) is 0. The van der Waals surface area contributed by atoms with E-state index in [-0.39, 0.29) is 21.3 Å². The summed E-state index contributed by atoms with van der Waals surface area (Å²) in [6.07, 6.45) is 2.83. The molecule has 4 N–H and O–H groups in total. The Hall–Kier alpha value is -1.89. The van der Waals surface area contributed by atoms with E-state index < -0.39 is 11.7 Å². The van der Waals surface area contributed by atoms with E-state index in [9.17, 15) is 9.18 Å². The number of amides is 1. The van der Waals surface area contributed by atoms with Gasteiger partial charge in [-0.05, 0) is 18.2 Å². The maximum atomic E-state index is 13.1. The molecule has 1 amide bonds. The third kappa shape index (κ3) is 2.98. The number of hydrogen-bond acceptors (Lipinski definition) is 4. The Morgan fingerprint density at radius 1 is 1.30 bits per heavy atom. The zero-order valence-electron chi connectivity index (χ0n) is 9.95. The Labute approximate surface area is 123 Å². The summed E-state index contributed by atoms with van der Waals surface area (Å²) in [6, 6.07) is 3.57. The van der Waals surface area contributed by atoms with Crippen LogP contribution in [0.3, 0.4) is 0 Å². The van der Waals surface area contributed by atoms with Crippen molar-refractivity contribution in [2.45, 2.75) is 0 Å². The largest absolute Gasteiger partial charge is 0.322 e. The Balaban J connectivity index is 2.33. The van der Waals surface area contributed by atoms with Gasteiger partial charge in [0.05, 0.1) is 33.2 Å². The van der Waals surface area contributed by atoms with Gasteiger partial charge < -0.3 is 10.7 Å². The molecule has 0 aliphatic carbocycles. The summed E-state index contributed by atoms with van der Waals surface area (Å²) in [4.78, 5) is 16.0. The molecule has 0 bridgehead atoms. The average Bonchev–Trinajstić information content (AvgIpc) is 2.42. The van der Waals surface area contributed by atoms with E-state index in [2.05, 4.69) is 15.7 Å². The van der Waals surface area contributed by atoms with Crippen LogP contribution in [0.15, 0.2) is 30.6 Å². The molecule has 0 atom stereocenters. The number of benzene rings is 1. The Bertz CT molecular complexity index is 643. The van der Waals surface area contributed by atoms with Gasteiger partial charge in [-0.2, -0.15) is 0 Å². The van der Waals surface area contributed by atoms with E-state index >= 15 is 0 Å². The van der Waals surface area contributed by atoms with Gasteiger partial charge in [-0.3, -0.25) is 15.6 Å². The normalized spacial score (nSPS) is 10.2. The fraction of sp³-hybridized carbons (Fsp3) is 0. The number of carbonyl (C=O) groups is 1. The number of nitrogens with two attached hydrogens (primary N) is 1. The number of anilines is 2. The molecule has 8 heteroatoms. The molecule has 1 aromatic heterocycles. The van der Waals surface area contributed by atoms with E-state index in [1.807, 2.05) is 0 Å². The molecule has 20 heavy (non-hydrogen) atoms. The van der Waals surface area contributed by atoms with Gasteiger partial charge >= 0.3 is 0 Å². The number of nitrogens with zero attached hydrogens (tertiary/aromatic N) is 1. The molecule has 2 aromatic rings. The summed E-state index contributed by atoms with van der Waals surface area (Å²) in [6.45, 7) is 0. The molecule has 5 nitrogen and oxygen atoms in total. The Kier molecular flexibility index (Phi) is 4.39. The first kappa shape index (κ1) is 14.5. The SMILES string of the molecule is NNc1cnccc1C(=O)Nc1c(Cl)cc(F)cc1Cl. The second-order valence-electron chi connectivity index (χ2n) is 3.76. The van der Waals surface area contributed by atoms with Gasteiger partial charge in [0.15, 0.2) is 0 Å².